The molecule has 0 saturated carbocycles. The molecule has 3 nitrogen and oxygen atoms in total. The molecule has 0 atom stereocenters. The van der Waals surface area contributed by atoms with Gasteiger partial charge in [-0.3, -0.25) is 0 Å². The van der Waals surface area contributed by atoms with E-state index in [1.54, 1.807) is 18.4 Å². The highest BCUT2D eigenvalue weighted by molar-refractivity contribution is 6.10. The Morgan fingerprint density at radius 2 is 1.29 bits per heavy atom. The van der Waals surface area contributed by atoms with Crippen molar-refractivity contribution in [2.45, 2.75) is 6.54 Å². The molecule has 0 spiro atoms. The Morgan fingerprint density at radius 1 is 0.571 bits per heavy atom. The van der Waals surface area contributed by atoms with Gasteiger partial charge in [-0.25, -0.2) is 0 Å². The highest BCUT2D eigenvalue weighted by Gasteiger charge is 2.26. The van der Waals surface area contributed by atoms with E-state index in [1.165, 1.54) is 66.0 Å². The third-order valence-corrected chi connectivity index (χ3v) is 11.0. The van der Waals surface area contributed by atoms with Gasteiger partial charge in [0.2, 0.25) is 0 Å². The lowest BCUT2D eigenvalue weighted by atomic mass is 9.95. The van der Waals surface area contributed by atoms with Crippen LogP contribution in [-0.4, -0.2) is 4.57 Å². The Morgan fingerprint density at radius 3 is 2.12 bits per heavy atom. The van der Waals surface area contributed by atoms with Gasteiger partial charge in [0.25, 0.3) is 0 Å². The summed E-state index contributed by atoms with van der Waals surface area (Å²) in [6.45, 7) is 12.0. The van der Waals surface area contributed by atoms with Gasteiger partial charge in [0.1, 0.15) is 0 Å². The predicted molar refractivity (Wildman–Crippen MR) is 241 cm³/mol. The van der Waals surface area contributed by atoms with Gasteiger partial charge in [-0.15, -0.1) is 0 Å². The number of nitrogens with zero attached hydrogens (tertiary/aromatic N) is 2. The number of nitrogens with two attached hydrogens (primary N) is 1. The zero-order valence-corrected chi connectivity index (χ0v) is 31.2. The van der Waals surface area contributed by atoms with Crippen LogP contribution in [-0.2, 0) is 6.54 Å². The van der Waals surface area contributed by atoms with Crippen LogP contribution in [0.15, 0.2) is 208 Å². The summed E-state index contributed by atoms with van der Waals surface area (Å²) in [6.07, 6.45) is 13.4. The van der Waals surface area contributed by atoms with Crippen LogP contribution >= 0.6 is 0 Å². The van der Waals surface area contributed by atoms with Crippen molar-refractivity contribution in [2.24, 2.45) is 5.73 Å². The largest absolute Gasteiger partial charge is 0.404 e. The highest BCUT2D eigenvalue weighted by Crippen LogP contribution is 2.46. The van der Waals surface area contributed by atoms with Crippen molar-refractivity contribution in [3.63, 3.8) is 0 Å². The zero-order valence-electron chi connectivity index (χ0n) is 31.2. The Balaban J connectivity index is 0.000000980. The van der Waals surface area contributed by atoms with E-state index in [0.717, 1.165) is 40.2 Å². The predicted octanol–water partition coefficient (Wildman–Crippen LogP) is 13.6. The third kappa shape index (κ3) is 5.87. The fourth-order valence-corrected chi connectivity index (χ4v) is 8.32. The number of hydrogen-bond acceptors (Lipinski definition) is 2. The fraction of sp³-hybridized carbons (Fsp3) is 0.0189. The van der Waals surface area contributed by atoms with Crippen LogP contribution in [0, 0.1) is 0 Å². The summed E-state index contributed by atoms with van der Waals surface area (Å²) < 4.78 is 2.46. The quantitative estimate of drug-likeness (QED) is 0.180. The Bertz CT molecular complexity index is 2960. The molecule has 0 unspecified atom stereocenters. The second-order valence-electron chi connectivity index (χ2n) is 14.1. The Labute approximate surface area is 328 Å². The molecule has 1 aliphatic heterocycles. The summed E-state index contributed by atoms with van der Waals surface area (Å²) >= 11 is 0. The van der Waals surface area contributed by atoms with Gasteiger partial charge in [-0.1, -0.05) is 147 Å². The molecule has 8 aromatic rings. The van der Waals surface area contributed by atoms with Crippen molar-refractivity contribution in [1.82, 2.24) is 4.57 Å². The Hall–Kier alpha value is -7.36. The fourth-order valence-electron chi connectivity index (χ4n) is 8.32. The molecule has 7 aromatic carbocycles. The first-order valence-corrected chi connectivity index (χ1v) is 18.9. The summed E-state index contributed by atoms with van der Waals surface area (Å²) in [5.74, 6) is 0. The molecule has 0 saturated heterocycles. The molecule has 10 rings (SSSR count). The number of allylic oxidation sites excluding steroid dienone is 6. The molecule has 1 aromatic heterocycles. The first kappa shape index (κ1) is 34.4. The maximum Gasteiger partial charge on any atom is 0.0534 e. The molecule has 0 radical (unpaired) electrons. The monoisotopic (exact) mass is 719 g/mol. The third-order valence-electron chi connectivity index (χ3n) is 11.0. The highest BCUT2D eigenvalue weighted by atomic mass is 15.1. The van der Waals surface area contributed by atoms with E-state index in [9.17, 15) is 0 Å². The number of anilines is 2. The van der Waals surface area contributed by atoms with Crippen molar-refractivity contribution in [1.29, 1.82) is 0 Å². The van der Waals surface area contributed by atoms with Gasteiger partial charge >= 0.3 is 0 Å². The normalized spacial score (nSPS) is 14.7. The van der Waals surface area contributed by atoms with Crippen LogP contribution in [0.5, 0.6) is 0 Å². The lowest BCUT2D eigenvalue weighted by Gasteiger charge is -2.26. The minimum atomic E-state index is 0.737. The number of benzene rings is 7. The molecular weight excluding hydrogens is 679 g/mol. The number of fused-ring (bicyclic) bond motifs is 8. The van der Waals surface area contributed by atoms with Crippen molar-refractivity contribution < 1.29 is 0 Å². The summed E-state index contributed by atoms with van der Waals surface area (Å²) in [5, 5.41) is 4.93. The second kappa shape index (κ2) is 14.5. The van der Waals surface area contributed by atoms with Crippen LogP contribution in [0.4, 0.5) is 11.4 Å². The van der Waals surface area contributed by atoms with Gasteiger partial charge in [-0.05, 0) is 104 Å². The van der Waals surface area contributed by atoms with Crippen molar-refractivity contribution in [2.75, 3.05) is 4.90 Å². The first-order valence-electron chi connectivity index (χ1n) is 18.9. The smallest absolute Gasteiger partial charge is 0.0534 e. The SMILES string of the molecule is C=C1/C=C\C=C/N(c2ccc3ccccc3c2)c2ccc(-c3ccc4c(c3)c3ccccc3n4Cc3cccc4c3/C(=C\N)c3ccccc3-4)cc21.C=CC=C. The summed E-state index contributed by atoms with van der Waals surface area (Å²) in [4.78, 5) is 2.27. The van der Waals surface area contributed by atoms with Crippen LogP contribution in [0.3, 0.4) is 0 Å². The molecule has 2 heterocycles. The molecule has 0 bridgehead atoms. The van der Waals surface area contributed by atoms with Gasteiger partial charge in [0, 0.05) is 57.6 Å². The van der Waals surface area contributed by atoms with Crippen molar-refractivity contribution in [3.05, 3.63) is 230 Å². The van der Waals surface area contributed by atoms with Gasteiger partial charge < -0.3 is 15.2 Å². The second-order valence-corrected chi connectivity index (χ2v) is 14.1. The van der Waals surface area contributed by atoms with Gasteiger partial charge in [0.05, 0.1) is 5.69 Å². The van der Waals surface area contributed by atoms with E-state index >= 15 is 0 Å². The standard InChI is InChI=1S/C49H35N3.C4H6/c1-32-11-8-9-26-51(38-23-20-33-12-2-3-13-34(33)27-38)47-24-21-35(28-43(32)47)36-22-25-48-44(29-36)41-17-6-7-19-46(41)52(48)31-37-14-10-18-42-39-15-4-5-16-40(39)45(30-50)49(37)42;1-3-4-2/h2-30H,1,31,50H2;3-4H,1-2H2/b11-8-,26-9-,45-30-;. The summed E-state index contributed by atoms with van der Waals surface area (Å²) in [5.41, 5.74) is 22.7. The number of para-hydroxylation sites is 1. The van der Waals surface area contributed by atoms with Crippen LogP contribution in [0.1, 0.15) is 22.3 Å². The van der Waals surface area contributed by atoms with Crippen LogP contribution < -0.4 is 10.6 Å². The van der Waals surface area contributed by atoms with E-state index in [-0.39, 0.29) is 0 Å². The minimum Gasteiger partial charge on any atom is -0.404 e. The molecule has 268 valence electrons. The van der Waals surface area contributed by atoms with Crippen molar-refractivity contribution in [3.8, 4) is 22.3 Å². The lowest BCUT2D eigenvalue weighted by Crippen LogP contribution is -2.11. The molecule has 0 fully saturated rings. The van der Waals surface area contributed by atoms with E-state index < -0.39 is 0 Å². The summed E-state index contributed by atoms with van der Waals surface area (Å²) in [7, 11) is 0. The molecule has 56 heavy (non-hydrogen) atoms. The van der Waals surface area contributed by atoms with Crippen LogP contribution in [0.2, 0.25) is 0 Å². The van der Waals surface area contributed by atoms with E-state index in [4.69, 9.17) is 5.73 Å². The zero-order chi connectivity index (χ0) is 38.2. The first-order chi connectivity index (χ1) is 27.6. The molecule has 2 aliphatic rings. The van der Waals surface area contributed by atoms with Crippen molar-refractivity contribution >= 4 is 55.1 Å². The average Bonchev–Trinajstić information content (AvgIpc) is 3.75. The lowest BCUT2D eigenvalue weighted by molar-refractivity contribution is 0.867. The van der Waals surface area contributed by atoms with Gasteiger partial charge in [0.15, 0.2) is 0 Å². The molecule has 2 N–H and O–H groups in total. The average molecular weight is 720 g/mol. The Kier molecular flexibility index (Phi) is 8.89. The maximum absolute atomic E-state index is 6.30. The molecule has 1 aliphatic carbocycles. The topological polar surface area (TPSA) is 34.2 Å². The number of rotatable bonds is 5. The molecule has 0 amide bonds. The van der Waals surface area contributed by atoms with Gasteiger partial charge in [-0.2, -0.15) is 0 Å². The summed E-state index contributed by atoms with van der Waals surface area (Å²) in [6, 6.07) is 52.8. The maximum atomic E-state index is 6.30. The number of aromatic nitrogens is 1. The van der Waals surface area contributed by atoms with E-state index in [0.29, 0.717) is 0 Å². The molecular formula is C53H41N3. The van der Waals surface area contributed by atoms with E-state index in [1.807, 2.05) is 0 Å². The van der Waals surface area contributed by atoms with E-state index in [2.05, 4.69) is 199 Å². The van der Waals surface area contributed by atoms with Crippen LogP contribution in [0.25, 0.3) is 66.0 Å². The molecule has 3 heteroatoms. The minimum absolute atomic E-state index is 0.737. The number of hydrogen-bond donors (Lipinski definition) is 1.